The van der Waals surface area contributed by atoms with Crippen LogP contribution in [0.3, 0.4) is 0 Å². The third-order valence-electron chi connectivity index (χ3n) is 5.33. The van der Waals surface area contributed by atoms with Crippen LogP contribution in [-0.4, -0.2) is 41.9 Å². The molecular formula is C25H25ClN2OS. The van der Waals surface area contributed by atoms with Crippen molar-refractivity contribution in [1.82, 2.24) is 9.80 Å². The van der Waals surface area contributed by atoms with E-state index in [1.165, 1.54) is 16.0 Å². The zero-order valence-corrected chi connectivity index (χ0v) is 18.4. The van der Waals surface area contributed by atoms with Crippen LogP contribution in [0, 0.1) is 0 Å². The number of hydrogen-bond acceptors (Lipinski definition) is 3. The first-order valence-electron chi connectivity index (χ1n) is 10.2. The van der Waals surface area contributed by atoms with Crippen molar-refractivity contribution >= 4 is 29.3 Å². The summed E-state index contributed by atoms with van der Waals surface area (Å²) in [5.41, 5.74) is 3.30. The normalized spacial score (nSPS) is 14.6. The van der Waals surface area contributed by atoms with Gasteiger partial charge in [0.1, 0.15) is 0 Å². The van der Waals surface area contributed by atoms with Crippen LogP contribution in [0.2, 0.25) is 5.02 Å². The SMILES string of the molecule is O=C(c1ccc(CSc2ccc(Cl)cc2)cc1)N1CCN(Cc2ccccc2)CC1. The van der Waals surface area contributed by atoms with Gasteiger partial charge in [-0.15, -0.1) is 11.8 Å². The van der Waals surface area contributed by atoms with Crippen molar-refractivity contribution < 1.29 is 4.79 Å². The minimum atomic E-state index is 0.131. The van der Waals surface area contributed by atoms with E-state index in [1.54, 1.807) is 11.8 Å². The lowest BCUT2D eigenvalue weighted by molar-refractivity contribution is 0.0628. The number of carbonyl (C=O) groups is 1. The first kappa shape index (κ1) is 21.0. The smallest absolute Gasteiger partial charge is 0.253 e. The number of rotatable bonds is 6. The second kappa shape index (κ2) is 10.2. The first-order valence-corrected chi connectivity index (χ1v) is 11.6. The molecule has 0 aliphatic carbocycles. The fourth-order valence-electron chi connectivity index (χ4n) is 3.57. The standard InChI is InChI=1S/C25H25ClN2OS/c26-23-10-12-24(13-11-23)30-19-21-6-8-22(9-7-21)25(29)28-16-14-27(15-17-28)18-20-4-2-1-3-5-20/h1-13H,14-19H2. The summed E-state index contributed by atoms with van der Waals surface area (Å²) in [5, 5.41) is 0.753. The van der Waals surface area contributed by atoms with E-state index >= 15 is 0 Å². The van der Waals surface area contributed by atoms with Crippen molar-refractivity contribution in [3.63, 3.8) is 0 Å². The van der Waals surface area contributed by atoms with Gasteiger partial charge in [0.05, 0.1) is 0 Å². The van der Waals surface area contributed by atoms with Crippen molar-refractivity contribution in [2.45, 2.75) is 17.2 Å². The quantitative estimate of drug-likeness (QED) is 0.470. The Morgan fingerprint density at radius 1 is 0.800 bits per heavy atom. The Morgan fingerprint density at radius 3 is 2.13 bits per heavy atom. The molecule has 1 heterocycles. The van der Waals surface area contributed by atoms with E-state index in [4.69, 9.17) is 11.6 Å². The van der Waals surface area contributed by atoms with E-state index in [0.29, 0.717) is 0 Å². The molecule has 0 aromatic heterocycles. The number of piperazine rings is 1. The molecule has 1 amide bonds. The van der Waals surface area contributed by atoms with Gasteiger partial charge < -0.3 is 4.90 Å². The van der Waals surface area contributed by atoms with Gasteiger partial charge in [-0.3, -0.25) is 9.69 Å². The van der Waals surface area contributed by atoms with Gasteiger partial charge in [0.2, 0.25) is 0 Å². The van der Waals surface area contributed by atoms with E-state index in [9.17, 15) is 4.79 Å². The average Bonchev–Trinajstić information content (AvgIpc) is 2.80. The summed E-state index contributed by atoms with van der Waals surface area (Å²) in [6.07, 6.45) is 0. The Labute approximate surface area is 187 Å². The Hall–Kier alpha value is -2.27. The van der Waals surface area contributed by atoms with E-state index in [2.05, 4.69) is 41.3 Å². The molecule has 1 aliphatic heterocycles. The van der Waals surface area contributed by atoms with E-state index < -0.39 is 0 Å². The van der Waals surface area contributed by atoms with Crippen molar-refractivity contribution in [3.8, 4) is 0 Å². The van der Waals surface area contributed by atoms with Crippen LogP contribution in [0.15, 0.2) is 83.8 Å². The van der Waals surface area contributed by atoms with Gasteiger partial charge in [-0.25, -0.2) is 0 Å². The molecule has 0 atom stereocenters. The summed E-state index contributed by atoms with van der Waals surface area (Å²) in [5.74, 6) is 1.00. The Bertz CT molecular complexity index is 953. The molecule has 30 heavy (non-hydrogen) atoms. The molecule has 154 valence electrons. The van der Waals surface area contributed by atoms with Crippen LogP contribution >= 0.6 is 23.4 Å². The van der Waals surface area contributed by atoms with Crippen LogP contribution < -0.4 is 0 Å². The molecule has 4 rings (SSSR count). The summed E-state index contributed by atoms with van der Waals surface area (Å²) in [7, 11) is 0. The lowest BCUT2D eigenvalue weighted by Crippen LogP contribution is -2.48. The lowest BCUT2D eigenvalue weighted by atomic mass is 10.1. The first-order chi connectivity index (χ1) is 14.7. The third kappa shape index (κ3) is 5.66. The van der Waals surface area contributed by atoms with Gasteiger partial charge in [-0.05, 0) is 47.5 Å². The Balaban J connectivity index is 1.27. The van der Waals surface area contributed by atoms with Crippen molar-refractivity contribution in [2.75, 3.05) is 26.2 Å². The fourth-order valence-corrected chi connectivity index (χ4v) is 4.55. The minimum absolute atomic E-state index is 0.131. The number of nitrogens with zero attached hydrogens (tertiary/aromatic N) is 2. The van der Waals surface area contributed by atoms with Crippen molar-refractivity contribution in [2.24, 2.45) is 0 Å². The maximum Gasteiger partial charge on any atom is 0.253 e. The van der Waals surface area contributed by atoms with Crippen molar-refractivity contribution in [1.29, 1.82) is 0 Å². The average molecular weight is 437 g/mol. The molecule has 0 radical (unpaired) electrons. The molecule has 0 unspecified atom stereocenters. The molecule has 0 spiro atoms. The molecular weight excluding hydrogens is 412 g/mol. The van der Waals surface area contributed by atoms with Crippen LogP contribution in [0.25, 0.3) is 0 Å². The molecule has 0 N–H and O–H groups in total. The monoisotopic (exact) mass is 436 g/mol. The van der Waals surface area contributed by atoms with Crippen LogP contribution in [0.5, 0.6) is 0 Å². The van der Waals surface area contributed by atoms with Crippen LogP contribution in [-0.2, 0) is 12.3 Å². The summed E-state index contributed by atoms with van der Waals surface area (Å²) < 4.78 is 0. The third-order valence-corrected chi connectivity index (χ3v) is 6.66. The maximum atomic E-state index is 12.9. The van der Waals surface area contributed by atoms with E-state index in [1.807, 2.05) is 47.4 Å². The highest BCUT2D eigenvalue weighted by atomic mass is 35.5. The molecule has 3 aromatic rings. The van der Waals surface area contributed by atoms with Crippen molar-refractivity contribution in [3.05, 3.63) is 101 Å². The Kier molecular flexibility index (Phi) is 7.11. The molecule has 3 aromatic carbocycles. The predicted octanol–water partition coefficient (Wildman–Crippen LogP) is 5.59. The highest BCUT2D eigenvalue weighted by Crippen LogP contribution is 2.24. The summed E-state index contributed by atoms with van der Waals surface area (Å²) in [6, 6.07) is 26.4. The highest BCUT2D eigenvalue weighted by molar-refractivity contribution is 7.98. The van der Waals surface area contributed by atoms with E-state index in [-0.39, 0.29) is 5.91 Å². The fraction of sp³-hybridized carbons (Fsp3) is 0.240. The van der Waals surface area contributed by atoms with Gasteiger partial charge in [0.15, 0.2) is 0 Å². The zero-order valence-electron chi connectivity index (χ0n) is 16.8. The molecule has 1 fully saturated rings. The number of halogens is 1. The largest absolute Gasteiger partial charge is 0.336 e. The molecule has 5 heteroatoms. The number of amides is 1. The maximum absolute atomic E-state index is 12.9. The highest BCUT2D eigenvalue weighted by Gasteiger charge is 2.22. The summed E-state index contributed by atoms with van der Waals surface area (Å²) in [6.45, 7) is 4.33. The van der Waals surface area contributed by atoms with Gasteiger partial charge in [0.25, 0.3) is 5.91 Å². The van der Waals surface area contributed by atoms with Gasteiger partial charge in [-0.1, -0.05) is 54.1 Å². The van der Waals surface area contributed by atoms with Gasteiger partial charge >= 0.3 is 0 Å². The molecule has 0 bridgehead atoms. The summed E-state index contributed by atoms with van der Waals surface area (Å²) >= 11 is 7.70. The zero-order chi connectivity index (χ0) is 20.8. The van der Waals surface area contributed by atoms with Crippen LogP contribution in [0.4, 0.5) is 0 Å². The summed E-state index contributed by atoms with van der Waals surface area (Å²) in [4.78, 5) is 18.4. The van der Waals surface area contributed by atoms with Crippen LogP contribution in [0.1, 0.15) is 21.5 Å². The molecule has 0 saturated carbocycles. The lowest BCUT2D eigenvalue weighted by Gasteiger charge is -2.34. The molecule has 1 saturated heterocycles. The number of benzene rings is 3. The topological polar surface area (TPSA) is 23.6 Å². The Morgan fingerprint density at radius 2 is 1.47 bits per heavy atom. The molecule has 3 nitrogen and oxygen atoms in total. The van der Waals surface area contributed by atoms with E-state index in [0.717, 1.165) is 49.1 Å². The number of carbonyl (C=O) groups excluding carboxylic acids is 1. The minimum Gasteiger partial charge on any atom is -0.336 e. The van der Waals surface area contributed by atoms with Gasteiger partial charge in [0, 0.05) is 54.0 Å². The predicted molar refractivity (Wildman–Crippen MR) is 125 cm³/mol. The number of thioether (sulfide) groups is 1. The molecule has 1 aliphatic rings. The second-order valence-electron chi connectivity index (χ2n) is 7.49. The van der Waals surface area contributed by atoms with Gasteiger partial charge in [-0.2, -0.15) is 0 Å². The second-order valence-corrected chi connectivity index (χ2v) is 8.98. The number of hydrogen-bond donors (Lipinski definition) is 0.